The Bertz CT molecular complexity index is 1480. The van der Waals surface area contributed by atoms with E-state index in [1.54, 1.807) is 31.6 Å². The fourth-order valence-corrected chi connectivity index (χ4v) is 4.76. The van der Waals surface area contributed by atoms with Crippen LogP contribution in [0.5, 0.6) is 11.5 Å². The summed E-state index contributed by atoms with van der Waals surface area (Å²) in [5, 5.41) is 18.2. The molecule has 0 radical (unpaired) electrons. The van der Waals surface area contributed by atoms with Crippen LogP contribution in [0.4, 0.5) is 0 Å². The minimum absolute atomic E-state index is 0.139. The lowest BCUT2D eigenvalue weighted by molar-refractivity contribution is 0.0746. The molecular formula is C26H22N4O4. The molecule has 8 nitrogen and oxygen atoms in total. The zero-order chi connectivity index (χ0) is 23.2. The number of nitrogens with one attached hydrogen (secondary N) is 2. The molecule has 34 heavy (non-hydrogen) atoms. The summed E-state index contributed by atoms with van der Waals surface area (Å²) in [5.41, 5.74) is 4.87. The number of amides is 1. The summed E-state index contributed by atoms with van der Waals surface area (Å²) in [5.74, 6) is 1.44. The molecule has 8 heteroatoms. The third kappa shape index (κ3) is 3.14. The number of hydrogen-bond donors (Lipinski definition) is 3. The maximum atomic E-state index is 13.5. The van der Waals surface area contributed by atoms with E-state index in [1.165, 1.54) is 0 Å². The van der Waals surface area contributed by atoms with Crippen molar-refractivity contribution in [1.29, 1.82) is 0 Å². The first-order valence-electron chi connectivity index (χ1n) is 11.0. The van der Waals surface area contributed by atoms with Crippen molar-refractivity contribution >= 4 is 16.8 Å². The van der Waals surface area contributed by atoms with Crippen molar-refractivity contribution in [2.45, 2.75) is 12.5 Å². The van der Waals surface area contributed by atoms with Crippen LogP contribution in [-0.2, 0) is 6.42 Å². The van der Waals surface area contributed by atoms with Gasteiger partial charge in [0.25, 0.3) is 5.91 Å². The quantitative estimate of drug-likeness (QED) is 0.346. The number of rotatable bonds is 6. The highest BCUT2D eigenvalue weighted by molar-refractivity contribution is 6.00. The van der Waals surface area contributed by atoms with E-state index in [0.717, 1.165) is 33.3 Å². The van der Waals surface area contributed by atoms with E-state index in [-0.39, 0.29) is 17.7 Å². The van der Waals surface area contributed by atoms with Crippen LogP contribution in [0.25, 0.3) is 22.4 Å². The van der Waals surface area contributed by atoms with Gasteiger partial charge in [-0.1, -0.05) is 12.1 Å². The molecular weight excluding hydrogens is 432 g/mol. The predicted octanol–water partition coefficient (Wildman–Crippen LogP) is 4.65. The highest BCUT2D eigenvalue weighted by Crippen LogP contribution is 2.43. The van der Waals surface area contributed by atoms with Crippen LogP contribution in [0.2, 0.25) is 0 Å². The van der Waals surface area contributed by atoms with E-state index in [2.05, 4.69) is 15.2 Å². The molecule has 5 aromatic rings. The number of methoxy groups -OCH3 is 1. The zero-order valence-corrected chi connectivity index (χ0v) is 18.4. The van der Waals surface area contributed by atoms with Gasteiger partial charge in [0.15, 0.2) is 11.5 Å². The third-order valence-electron chi connectivity index (χ3n) is 6.43. The molecule has 0 spiro atoms. The normalized spacial score (nSPS) is 15.3. The SMILES string of the molecule is COc1ccc2[nH]cc(CCN3C(=O)c4n[nH]c(-c5ccco5)c4[C@@H]3c3ccc(O)cc3)c2c1. The minimum atomic E-state index is -0.360. The number of ether oxygens (including phenoxy) is 1. The van der Waals surface area contributed by atoms with Crippen molar-refractivity contribution in [1.82, 2.24) is 20.1 Å². The molecule has 2 aromatic carbocycles. The molecule has 0 unspecified atom stereocenters. The first-order chi connectivity index (χ1) is 16.6. The zero-order valence-electron chi connectivity index (χ0n) is 18.4. The Labute approximate surface area is 194 Å². The average molecular weight is 454 g/mol. The van der Waals surface area contributed by atoms with Crippen LogP contribution in [0, 0.1) is 0 Å². The summed E-state index contributed by atoms with van der Waals surface area (Å²) < 4.78 is 11.0. The van der Waals surface area contributed by atoms with Gasteiger partial charge in [0.2, 0.25) is 0 Å². The van der Waals surface area contributed by atoms with Gasteiger partial charge < -0.3 is 24.1 Å². The molecule has 0 saturated heterocycles. The highest BCUT2D eigenvalue weighted by atomic mass is 16.5. The van der Waals surface area contributed by atoms with Crippen molar-refractivity contribution < 1.29 is 19.1 Å². The summed E-state index contributed by atoms with van der Waals surface area (Å²) in [6.45, 7) is 0.489. The number of H-pyrrole nitrogens is 2. The fraction of sp³-hybridized carbons (Fsp3) is 0.154. The Morgan fingerprint density at radius 3 is 2.79 bits per heavy atom. The Kier molecular flexibility index (Phi) is 4.65. The highest BCUT2D eigenvalue weighted by Gasteiger charge is 2.42. The van der Waals surface area contributed by atoms with Crippen LogP contribution in [0.3, 0.4) is 0 Å². The number of phenols is 1. The van der Waals surface area contributed by atoms with E-state index in [4.69, 9.17) is 9.15 Å². The second-order valence-corrected chi connectivity index (χ2v) is 8.31. The van der Waals surface area contributed by atoms with Gasteiger partial charge in [-0.2, -0.15) is 5.10 Å². The number of carbonyl (C=O) groups is 1. The second kappa shape index (κ2) is 7.84. The molecule has 0 fully saturated rings. The number of aromatic amines is 2. The molecule has 0 aliphatic carbocycles. The lowest BCUT2D eigenvalue weighted by Gasteiger charge is -2.26. The van der Waals surface area contributed by atoms with Crippen LogP contribution in [0.1, 0.15) is 33.2 Å². The third-order valence-corrected chi connectivity index (χ3v) is 6.43. The first kappa shape index (κ1) is 20.2. The van der Waals surface area contributed by atoms with E-state index in [0.29, 0.717) is 30.1 Å². The van der Waals surface area contributed by atoms with Crippen molar-refractivity contribution in [3.8, 4) is 23.0 Å². The molecule has 1 amide bonds. The van der Waals surface area contributed by atoms with Gasteiger partial charge in [0.1, 0.15) is 17.2 Å². The topological polar surface area (TPSA) is 107 Å². The molecule has 3 aromatic heterocycles. The maximum absolute atomic E-state index is 13.5. The molecule has 0 saturated carbocycles. The first-order valence-corrected chi connectivity index (χ1v) is 11.0. The Morgan fingerprint density at radius 2 is 2.03 bits per heavy atom. The van der Waals surface area contributed by atoms with Crippen LogP contribution >= 0.6 is 0 Å². The summed E-state index contributed by atoms with van der Waals surface area (Å²) in [6, 6.07) is 16.1. The van der Waals surface area contributed by atoms with Gasteiger partial charge in [0.05, 0.1) is 19.4 Å². The molecule has 1 aliphatic rings. The number of hydrogen-bond acceptors (Lipinski definition) is 5. The summed E-state index contributed by atoms with van der Waals surface area (Å²) >= 11 is 0. The summed E-state index contributed by atoms with van der Waals surface area (Å²) in [6.07, 6.45) is 4.23. The van der Waals surface area contributed by atoms with Gasteiger partial charge in [0, 0.05) is 29.2 Å². The molecule has 4 heterocycles. The maximum Gasteiger partial charge on any atom is 0.275 e. The molecule has 1 atom stereocenters. The molecule has 0 bridgehead atoms. The van der Waals surface area contributed by atoms with Crippen LogP contribution in [0.15, 0.2) is 71.5 Å². The van der Waals surface area contributed by atoms with E-state index >= 15 is 0 Å². The predicted molar refractivity (Wildman–Crippen MR) is 126 cm³/mol. The number of aromatic nitrogens is 3. The van der Waals surface area contributed by atoms with Crippen molar-refractivity contribution in [3.63, 3.8) is 0 Å². The smallest absolute Gasteiger partial charge is 0.275 e. The number of carbonyl (C=O) groups excluding carboxylic acids is 1. The number of nitrogens with zero attached hydrogens (tertiary/aromatic N) is 2. The average Bonchev–Trinajstić information content (AvgIpc) is 3.64. The monoisotopic (exact) mass is 454 g/mol. The van der Waals surface area contributed by atoms with Crippen molar-refractivity contribution in [2.75, 3.05) is 13.7 Å². The number of benzene rings is 2. The van der Waals surface area contributed by atoms with Gasteiger partial charge in [-0.25, -0.2) is 0 Å². The largest absolute Gasteiger partial charge is 0.508 e. The van der Waals surface area contributed by atoms with E-state index in [9.17, 15) is 9.90 Å². The minimum Gasteiger partial charge on any atom is -0.508 e. The van der Waals surface area contributed by atoms with Crippen LogP contribution < -0.4 is 4.74 Å². The summed E-state index contributed by atoms with van der Waals surface area (Å²) in [7, 11) is 1.65. The van der Waals surface area contributed by atoms with Gasteiger partial charge in [-0.15, -0.1) is 0 Å². The van der Waals surface area contributed by atoms with E-state index < -0.39 is 0 Å². The summed E-state index contributed by atoms with van der Waals surface area (Å²) in [4.78, 5) is 18.6. The second-order valence-electron chi connectivity index (χ2n) is 8.31. The van der Waals surface area contributed by atoms with Crippen molar-refractivity contribution in [2.24, 2.45) is 0 Å². The molecule has 6 rings (SSSR count). The van der Waals surface area contributed by atoms with Gasteiger partial charge in [-0.3, -0.25) is 9.89 Å². The van der Waals surface area contributed by atoms with Crippen molar-refractivity contribution in [3.05, 3.63) is 89.4 Å². The Hall–Kier alpha value is -4.46. The van der Waals surface area contributed by atoms with E-state index in [1.807, 2.05) is 47.5 Å². The lowest BCUT2D eigenvalue weighted by atomic mass is 9.97. The molecule has 3 N–H and O–H groups in total. The Morgan fingerprint density at radius 1 is 1.18 bits per heavy atom. The lowest BCUT2D eigenvalue weighted by Crippen LogP contribution is -2.31. The van der Waals surface area contributed by atoms with Crippen LogP contribution in [-0.4, -0.2) is 44.7 Å². The number of fused-ring (bicyclic) bond motifs is 2. The number of phenolic OH excluding ortho intramolecular Hbond substituents is 1. The molecule has 170 valence electrons. The van der Waals surface area contributed by atoms with Gasteiger partial charge in [-0.05, 0) is 60.0 Å². The number of aromatic hydroxyl groups is 1. The van der Waals surface area contributed by atoms with Gasteiger partial charge >= 0.3 is 0 Å². The standard InChI is InChI=1S/C26H22N4O4/c1-33-18-8-9-20-19(13-18)16(14-27-20)10-11-30-25(15-4-6-17(31)7-5-15)22-23(21-3-2-12-34-21)28-29-24(22)26(30)32/h2-9,12-14,25,27,31H,10-11H2,1H3,(H,28,29)/t25-/m0/s1. The molecule has 1 aliphatic heterocycles. The fourth-order valence-electron chi connectivity index (χ4n) is 4.76. The Balaban J connectivity index is 1.39. The number of furan rings is 1.